The third kappa shape index (κ3) is 2.01. The molecule has 0 aliphatic carbocycles. The van der Waals surface area contributed by atoms with Crippen molar-refractivity contribution in [1.82, 2.24) is 9.88 Å². The van der Waals surface area contributed by atoms with Crippen molar-refractivity contribution in [1.29, 1.82) is 0 Å². The van der Waals surface area contributed by atoms with Crippen LogP contribution in [-0.2, 0) is 4.79 Å². The zero-order valence-corrected chi connectivity index (χ0v) is 11.4. The molecule has 1 aromatic rings. The molecule has 19 heavy (non-hydrogen) atoms. The first kappa shape index (κ1) is 13.6. The first-order valence-electron chi connectivity index (χ1n) is 6.41. The number of oxazole rings is 1. The molecule has 1 amide bonds. The van der Waals surface area contributed by atoms with E-state index in [2.05, 4.69) is 4.98 Å². The number of hydrogen-bond donors (Lipinski definition) is 1. The molecule has 0 radical (unpaired) electrons. The van der Waals surface area contributed by atoms with Gasteiger partial charge in [-0.05, 0) is 26.2 Å². The first-order valence-corrected chi connectivity index (χ1v) is 6.41. The Kier molecular flexibility index (Phi) is 3.34. The maximum atomic E-state index is 12.5. The van der Waals surface area contributed by atoms with Crippen molar-refractivity contribution < 1.29 is 19.1 Å². The fourth-order valence-corrected chi connectivity index (χ4v) is 2.77. The highest BCUT2D eigenvalue weighted by atomic mass is 16.4. The molecule has 0 spiro atoms. The topological polar surface area (TPSA) is 83.6 Å². The number of carbonyl (C=O) groups excluding carboxylic acids is 1. The van der Waals surface area contributed by atoms with Crippen molar-refractivity contribution in [2.45, 2.75) is 45.6 Å². The molecular formula is C13H18N2O4. The van der Waals surface area contributed by atoms with Crippen LogP contribution in [0.4, 0.5) is 0 Å². The maximum Gasteiger partial charge on any atom is 0.329 e. The molecule has 0 aromatic carbocycles. The Balaban J connectivity index is 2.38. The molecule has 0 saturated carbocycles. The Morgan fingerprint density at radius 3 is 2.63 bits per heavy atom. The highest BCUT2D eigenvalue weighted by Crippen LogP contribution is 2.34. The summed E-state index contributed by atoms with van der Waals surface area (Å²) in [5.41, 5.74) is -0.602. The lowest BCUT2D eigenvalue weighted by atomic mass is 9.93. The van der Waals surface area contributed by atoms with Crippen LogP contribution in [0.2, 0.25) is 0 Å². The predicted molar refractivity (Wildman–Crippen MR) is 66.9 cm³/mol. The van der Waals surface area contributed by atoms with E-state index >= 15 is 0 Å². The van der Waals surface area contributed by atoms with Crippen LogP contribution < -0.4 is 0 Å². The third-order valence-corrected chi connectivity index (χ3v) is 3.81. The van der Waals surface area contributed by atoms with E-state index in [-0.39, 0.29) is 11.7 Å². The number of carboxylic acid groups (broad SMARTS) is 1. The van der Waals surface area contributed by atoms with E-state index in [9.17, 15) is 14.7 Å². The Bertz CT molecular complexity index is 523. The van der Waals surface area contributed by atoms with Gasteiger partial charge in [-0.2, -0.15) is 0 Å². The summed E-state index contributed by atoms with van der Waals surface area (Å²) >= 11 is 0. The van der Waals surface area contributed by atoms with Gasteiger partial charge in [-0.1, -0.05) is 6.92 Å². The summed E-state index contributed by atoms with van der Waals surface area (Å²) in [5.74, 6) is -0.759. The quantitative estimate of drug-likeness (QED) is 0.901. The largest absolute Gasteiger partial charge is 0.479 e. The molecule has 1 atom stereocenters. The highest BCUT2D eigenvalue weighted by Gasteiger charge is 2.49. The maximum absolute atomic E-state index is 12.5. The van der Waals surface area contributed by atoms with Crippen molar-refractivity contribution in [2.75, 3.05) is 6.54 Å². The van der Waals surface area contributed by atoms with Crippen molar-refractivity contribution >= 4 is 11.9 Å². The number of aliphatic carboxylic acids is 1. The second kappa shape index (κ2) is 4.68. The van der Waals surface area contributed by atoms with Crippen LogP contribution >= 0.6 is 0 Å². The fraction of sp³-hybridized carbons (Fsp3) is 0.615. The number of aromatic nitrogens is 1. The fourth-order valence-electron chi connectivity index (χ4n) is 2.77. The predicted octanol–water partition coefficient (Wildman–Crippen LogP) is 1.76. The molecule has 6 nitrogen and oxygen atoms in total. The van der Waals surface area contributed by atoms with Crippen molar-refractivity contribution in [3.05, 3.63) is 17.3 Å². The standard InChI is InChI=1S/C13H18N2O4/c1-4-13(12(17)18)6-5-7-15(13)11(16)10-8(2)14-9(3)19-10/h4-7H2,1-3H3,(H,17,18). The van der Waals surface area contributed by atoms with Gasteiger partial charge in [-0.25, -0.2) is 9.78 Å². The van der Waals surface area contributed by atoms with Crippen LogP contribution in [0.3, 0.4) is 0 Å². The molecule has 1 aromatic heterocycles. The second-order valence-corrected chi connectivity index (χ2v) is 4.90. The third-order valence-electron chi connectivity index (χ3n) is 3.81. The number of rotatable bonds is 3. The van der Waals surface area contributed by atoms with Crippen molar-refractivity contribution in [2.24, 2.45) is 0 Å². The number of nitrogens with zero attached hydrogens (tertiary/aromatic N) is 2. The minimum absolute atomic E-state index is 0.151. The molecule has 1 aliphatic rings. The van der Waals surface area contributed by atoms with Gasteiger partial charge in [0.1, 0.15) is 5.54 Å². The van der Waals surface area contributed by atoms with Gasteiger partial charge in [-0.15, -0.1) is 0 Å². The summed E-state index contributed by atoms with van der Waals surface area (Å²) in [6.07, 6.45) is 1.56. The molecule has 2 heterocycles. The Morgan fingerprint density at radius 1 is 1.47 bits per heavy atom. The van der Waals surface area contributed by atoms with Gasteiger partial charge in [0, 0.05) is 13.5 Å². The summed E-state index contributed by atoms with van der Waals surface area (Å²) < 4.78 is 5.31. The Morgan fingerprint density at radius 2 is 2.16 bits per heavy atom. The Hall–Kier alpha value is -1.85. The molecule has 1 unspecified atom stereocenters. The van der Waals surface area contributed by atoms with E-state index in [4.69, 9.17) is 4.42 Å². The second-order valence-electron chi connectivity index (χ2n) is 4.90. The van der Waals surface area contributed by atoms with Gasteiger partial charge in [0.2, 0.25) is 5.76 Å². The number of carbonyl (C=O) groups is 2. The molecule has 6 heteroatoms. The van der Waals surface area contributed by atoms with Gasteiger partial charge in [0.15, 0.2) is 5.89 Å². The average Bonchev–Trinajstić information content (AvgIpc) is 2.92. The van der Waals surface area contributed by atoms with Crippen molar-refractivity contribution in [3.8, 4) is 0 Å². The monoisotopic (exact) mass is 266 g/mol. The minimum atomic E-state index is -1.11. The molecule has 1 aliphatic heterocycles. The number of hydrogen-bond acceptors (Lipinski definition) is 4. The van der Waals surface area contributed by atoms with Gasteiger partial charge in [0.05, 0.1) is 5.69 Å². The van der Waals surface area contributed by atoms with Crippen LogP contribution in [0.15, 0.2) is 4.42 Å². The van der Waals surface area contributed by atoms with E-state index in [0.717, 1.165) is 0 Å². The van der Waals surface area contributed by atoms with Gasteiger partial charge in [-0.3, -0.25) is 4.79 Å². The zero-order valence-electron chi connectivity index (χ0n) is 11.4. The van der Waals surface area contributed by atoms with Gasteiger partial charge < -0.3 is 14.4 Å². The van der Waals surface area contributed by atoms with Gasteiger partial charge in [0.25, 0.3) is 5.91 Å². The van der Waals surface area contributed by atoms with E-state index in [1.165, 1.54) is 4.90 Å². The number of aryl methyl sites for hydroxylation is 2. The molecular weight excluding hydrogens is 248 g/mol. The van der Waals surface area contributed by atoms with Crippen LogP contribution in [0, 0.1) is 13.8 Å². The Labute approximate surface area is 111 Å². The van der Waals surface area contributed by atoms with Gasteiger partial charge >= 0.3 is 5.97 Å². The lowest BCUT2D eigenvalue weighted by Crippen LogP contribution is -2.52. The number of likely N-dealkylation sites (tertiary alicyclic amines) is 1. The zero-order chi connectivity index (χ0) is 14.2. The summed E-state index contributed by atoms with van der Waals surface area (Å²) in [4.78, 5) is 29.5. The average molecular weight is 266 g/mol. The highest BCUT2D eigenvalue weighted by molar-refractivity contribution is 5.97. The molecule has 104 valence electrons. The summed E-state index contributed by atoms with van der Waals surface area (Å²) in [5, 5.41) is 9.46. The van der Waals surface area contributed by atoms with Crippen molar-refractivity contribution in [3.63, 3.8) is 0 Å². The van der Waals surface area contributed by atoms with Crippen LogP contribution in [0.25, 0.3) is 0 Å². The lowest BCUT2D eigenvalue weighted by molar-refractivity contribution is -0.148. The normalized spacial score (nSPS) is 22.8. The summed E-state index contributed by atoms with van der Waals surface area (Å²) in [7, 11) is 0. The lowest BCUT2D eigenvalue weighted by Gasteiger charge is -2.33. The molecule has 0 bridgehead atoms. The van der Waals surface area contributed by atoms with E-state index in [1.807, 2.05) is 0 Å². The van der Waals surface area contributed by atoms with E-state index in [0.29, 0.717) is 37.4 Å². The van der Waals surface area contributed by atoms with Crippen LogP contribution in [-0.4, -0.2) is 39.0 Å². The summed E-state index contributed by atoms with van der Waals surface area (Å²) in [6, 6.07) is 0. The SMILES string of the molecule is CCC1(C(=O)O)CCCN1C(=O)c1oc(C)nc1C. The molecule has 1 N–H and O–H groups in total. The van der Waals surface area contributed by atoms with E-state index in [1.54, 1.807) is 20.8 Å². The number of carboxylic acids is 1. The molecule has 1 fully saturated rings. The molecule has 2 rings (SSSR count). The smallest absolute Gasteiger partial charge is 0.329 e. The molecule has 1 saturated heterocycles. The number of amides is 1. The van der Waals surface area contributed by atoms with E-state index < -0.39 is 11.5 Å². The summed E-state index contributed by atoms with van der Waals surface area (Å²) in [6.45, 7) is 5.59. The first-order chi connectivity index (χ1) is 8.92. The minimum Gasteiger partial charge on any atom is -0.479 e. The van der Waals surface area contributed by atoms with Crippen LogP contribution in [0.5, 0.6) is 0 Å². The van der Waals surface area contributed by atoms with Crippen LogP contribution in [0.1, 0.15) is 48.3 Å².